The van der Waals surface area contributed by atoms with Crippen molar-refractivity contribution < 1.29 is 4.79 Å². The molecule has 1 fully saturated rings. The Bertz CT molecular complexity index is 1060. The number of H-pyrrole nitrogens is 1. The zero-order valence-corrected chi connectivity index (χ0v) is 16.6. The topological polar surface area (TPSA) is 78.4 Å². The summed E-state index contributed by atoms with van der Waals surface area (Å²) in [7, 11) is 0. The van der Waals surface area contributed by atoms with Gasteiger partial charge in [-0.05, 0) is 11.1 Å². The van der Waals surface area contributed by atoms with E-state index in [2.05, 4.69) is 34.1 Å². The van der Waals surface area contributed by atoms with E-state index in [1.54, 1.807) is 4.90 Å². The number of aromatic amines is 1. The van der Waals surface area contributed by atoms with Gasteiger partial charge in [-0.2, -0.15) is 0 Å². The summed E-state index contributed by atoms with van der Waals surface area (Å²) >= 11 is 0. The number of nitrogens with zero attached hydrogens (tertiary/aromatic N) is 3. The molecule has 4 rings (SSSR count). The van der Waals surface area contributed by atoms with Crippen molar-refractivity contribution in [3.63, 3.8) is 0 Å². The first-order valence-electron chi connectivity index (χ1n) is 10.0. The van der Waals surface area contributed by atoms with Crippen LogP contribution in [-0.4, -0.2) is 51.4 Å². The molecule has 0 saturated carbocycles. The Labute approximate surface area is 174 Å². The molecule has 1 aliphatic heterocycles. The zero-order chi connectivity index (χ0) is 20.9. The number of benzene rings is 2. The molecule has 3 aromatic rings. The van der Waals surface area contributed by atoms with Gasteiger partial charge >= 0.3 is 5.69 Å². The molecule has 0 aliphatic carbocycles. The van der Waals surface area contributed by atoms with Gasteiger partial charge in [0.2, 0.25) is 5.91 Å². The van der Waals surface area contributed by atoms with Crippen LogP contribution in [0.15, 0.2) is 82.5 Å². The molecule has 1 saturated heterocycles. The number of nitrogens with one attached hydrogen (secondary N) is 1. The Balaban J connectivity index is 1.46. The molecular formula is C23H24N4O3. The van der Waals surface area contributed by atoms with Gasteiger partial charge in [-0.15, -0.1) is 0 Å². The van der Waals surface area contributed by atoms with Crippen molar-refractivity contribution in [1.29, 1.82) is 0 Å². The number of hydrogen-bond acceptors (Lipinski definition) is 4. The van der Waals surface area contributed by atoms with E-state index in [1.807, 2.05) is 36.4 Å². The predicted molar refractivity (Wildman–Crippen MR) is 114 cm³/mol. The van der Waals surface area contributed by atoms with Gasteiger partial charge in [-0.25, -0.2) is 4.79 Å². The molecule has 1 aromatic heterocycles. The van der Waals surface area contributed by atoms with Crippen LogP contribution in [0.1, 0.15) is 17.2 Å². The molecule has 2 aromatic carbocycles. The van der Waals surface area contributed by atoms with Gasteiger partial charge in [-0.3, -0.25) is 24.0 Å². The zero-order valence-electron chi connectivity index (χ0n) is 16.6. The summed E-state index contributed by atoms with van der Waals surface area (Å²) in [6.07, 6.45) is 1.36. The van der Waals surface area contributed by atoms with Crippen LogP contribution in [0.3, 0.4) is 0 Å². The fourth-order valence-electron chi connectivity index (χ4n) is 3.93. The van der Waals surface area contributed by atoms with Gasteiger partial charge in [0.15, 0.2) is 0 Å². The van der Waals surface area contributed by atoms with Crippen LogP contribution in [0.2, 0.25) is 0 Å². The molecule has 7 nitrogen and oxygen atoms in total. The average molecular weight is 404 g/mol. The SMILES string of the molecule is O=C(Cn1ccc(=O)[nH]c1=O)N1CCN(C(c2ccccc2)c2ccccc2)CC1. The normalized spacial score (nSPS) is 14.8. The second kappa shape index (κ2) is 8.92. The van der Waals surface area contributed by atoms with E-state index >= 15 is 0 Å². The molecule has 2 heterocycles. The Morgan fingerprint density at radius 1 is 0.833 bits per heavy atom. The number of rotatable bonds is 5. The highest BCUT2D eigenvalue weighted by atomic mass is 16.2. The summed E-state index contributed by atoms with van der Waals surface area (Å²) in [6, 6.07) is 22.1. The molecule has 0 bridgehead atoms. The van der Waals surface area contributed by atoms with Crippen molar-refractivity contribution in [1.82, 2.24) is 19.4 Å². The van der Waals surface area contributed by atoms with E-state index in [0.717, 1.165) is 13.1 Å². The third-order valence-electron chi connectivity index (χ3n) is 5.47. The van der Waals surface area contributed by atoms with Crippen LogP contribution in [0.4, 0.5) is 0 Å². The van der Waals surface area contributed by atoms with Crippen molar-refractivity contribution in [3.8, 4) is 0 Å². The maximum atomic E-state index is 12.7. The molecular weight excluding hydrogens is 380 g/mol. The molecule has 0 unspecified atom stereocenters. The number of amides is 1. The third kappa shape index (κ3) is 4.41. The van der Waals surface area contributed by atoms with E-state index < -0.39 is 11.2 Å². The second-order valence-electron chi connectivity index (χ2n) is 7.38. The van der Waals surface area contributed by atoms with Crippen LogP contribution in [0, 0.1) is 0 Å². The molecule has 0 atom stereocenters. The van der Waals surface area contributed by atoms with E-state index in [9.17, 15) is 14.4 Å². The number of carbonyl (C=O) groups excluding carboxylic acids is 1. The summed E-state index contributed by atoms with van der Waals surface area (Å²) in [5.74, 6) is -0.125. The first-order valence-corrected chi connectivity index (χ1v) is 10.0. The Kier molecular flexibility index (Phi) is 5.90. The van der Waals surface area contributed by atoms with Crippen LogP contribution in [0.5, 0.6) is 0 Å². The number of carbonyl (C=O) groups is 1. The third-order valence-corrected chi connectivity index (χ3v) is 5.47. The minimum Gasteiger partial charge on any atom is -0.339 e. The van der Waals surface area contributed by atoms with Gasteiger partial charge < -0.3 is 4.90 Å². The minimum atomic E-state index is -0.567. The van der Waals surface area contributed by atoms with Crippen molar-refractivity contribution >= 4 is 5.91 Å². The monoisotopic (exact) mass is 404 g/mol. The van der Waals surface area contributed by atoms with E-state index in [1.165, 1.54) is 28.0 Å². The van der Waals surface area contributed by atoms with Gasteiger partial charge in [-0.1, -0.05) is 60.7 Å². The fraction of sp³-hybridized carbons (Fsp3) is 0.261. The average Bonchev–Trinajstić information content (AvgIpc) is 2.78. The number of piperazine rings is 1. The lowest BCUT2D eigenvalue weighted by atomic mass is 9.96. The van der Waals surface area contributed by atoms with Crippen molar-refractivity contribution in [2.75, 3.05) is 26.2 Å². The molecule has 1 aliphatic rings. The fourth-order valence-corrected chi connectivity index (χ4v) is 3.93. The lowest BCUT2D eigenvalue weighted by Crippen LogP contribution is -2.51. The van der Waals surface area contributed by atoms with Crippen LogP contribution < -0.4 is 11.2 Å². The molecule has 0 radical (unpaired) electrons. The summed E-state index contributed by atoms with van der Waals surface area (Å²) in [6.45, 7) is 2.58. The molecule has 30 heavy (non-hydrogen) atoms. The highest BCUT2D eigenvalue weighted by Gasteiger charge is 2.28. The summed E-state index contributed by atoms with van der Waals surface area (Å²) in [4.78, 5) is 42.1. The van der Waals surface area contributed by atoms with E-state index in [4.69, 9.17) is 0 Å². The van der Waals surface area contributed by atoms with Crippen molar-refractivity contribution in [2.24, 2.45) is 0 Å². The molecule has 1 N–H and O–H groups in total. The Hall–Kier alpha value is -3.45. The maximum absolute atomic E-state index is 12.7. The van der Waals surface area contributed by atoms with Gasteiger partial charge in [0.05, 0.1) is 6.04 Å². The first kappa shape index (κ1) is 19.8. The van der Waals surface area contributed by atoms with Crippen LogP contribution >= 0.6 is 0 Å². The quantitative estimate of drug-likeness (QED) is 0.699. The van der Waals surface area contributed by atoms with Crippen molar-refractivity contribution in [2.45, 2.75) is 12.6 Å². The number of aromatic nitrogens is 2. The highest BCUT2D eigenvalue weighted by Crippen LogP contribution is 2.29. The highest BCUT2D eigenvalue weighted by molar-refractivity contribution is 5.76. The Morgan fingerprint density at radius 3 is 1.93 bits per heavy atom. The lowest BCUT2D eigenvalue weighted by molar-refractivity contribution is -0.133. The largest absolute Gasteiger partial charge is 0.339 e. The minimum absolute atomic E-state index is 0.0730. The smallest absolute Gasteiger partial charge is 0.328 e. The van der Waals surface area contributed by atoms with Crippen molar-refractivity contribution in [3.05, 3.63) is 105 Å². The molecule has 0 spiro atoms. The first-order chi connectivity index (χ1) is 14.6. The van der Waals surface area contributed by atoms with E-state index in [0.29, 0.717) is 13.1 Å². The maximum Gasteiger partial charge on any atom is 0.328 e. The summed E-state index contributed by atoms with van der Waals surface area (Å²) in [5.41, 5.74) is 1.42. The van der Waals surface area contributed by atoms with Gasteiger partial charge in [0.1, 0.15) is 6.54 Å². The molecule has 154 valence electrons. The summed E-state index contributed by atoms with van der Waals surface area (Å²) < 4.78 is 1.23. The second-order valence-corrected chi connectivity index (χ2v) is 7.38. The lowest BCUT2D eigenvalue weighted by Gasteiger charge is -2.39. The molecule has 1 amide bonds. The summed E-state index contributed by atoms with van der Waals surface area (Å²) in [5, 5.41) is 0. The van der Waals surface area contributed by atoms with Crippen LogP contribution in [0.25, 0.3) is 0 Å². The van der Waals surface area contributed by atoms with Gasteiger partial charge in [0.25, 0.3) is 5.56 Å². The van der Waals surface area contributed by atoms with Gasteiger partial charge in [0, 0.05) is 38.4 Å². The van der Waals surface area contributed by atoms with Crippen LogP contribution in [-0.2, 0) is 11.3 Å². The van der Waals surface area contributed by atoms with E-state index in [-0.39, 0.29) is 18.5 Å². The predicted octanol–water partition coefficient (Wildman–Crippen LogP) is 1.47. The number of hydrogen-bond donors (Lipinski definition) is 1. The molecule has 7 heteroatoms. The Morgan fingerprint density at radius 2 is 1.40 bits per heavy atom. The standard InChI is InChI=1S/C23H24N4O3/c28-20-11-12-27(23(30)24-20)17-21(29)25-13-15-26(16-14-25)22(18-7-3-1-4-8-18)19-9-5-2-6-10-19/h1-12,22H,13-17H2,(H,24,28,30).